The largest absolute Gasteiger partial charge is 0.365 e. The number of hydrogen-bond donors (Lipinski definition) is 0. The summed E-state index contributed by atoms with van der Waals surface area (Å²) in [7, 11) is 0. The van der Waals surface area contributed by atoms with Crippen molar-refractivity contribution in [2.24, 2.45) is 16.9 Å². The summed E-state index contributed by atoms with van der Waals surface area (Å²) in [6.07, 6.45) is 8.61. The number of imide groups is 1. The van der Waals surface area contributed by atoms with Crippen LogP contribution in [0.4, 0.5) is 0 Å². The van der Waals surface area contributed by atoms with E-state index in [1.54, 1.807) is 0 Å². The highest BCUT2D eigenvalue weighted by Gasteiger charge is 2.61. The molecule has 1 aliphatic carbocycles. The van der Waals surface area contributed by atoms with Crippen LogP contribution in [0.3, 0.4) is 0 Å². The summed E-state index contributed by atoms with van der Waals surface area (Å²) >= 11 is 0. The molecule has 4 rings (SSSR count). The maximum absolute atomic E-state index is 12.3. The van der Waals surface area contributed by atoms with E-state index in [0.29, 0.717) is 0 Å². The van der Waals surface area contributed by atoms with Gasteiger partial charge in [0.05, 0.1) is 24.0 Å². The monoisotopic (exact) mass is 260 g/mol. The van der Waals surface area contributed by atoms with Crippen molar-refractivity contribution in [1.82, 2.24) is 5.01 Å². The minimum Gasteiger partial charge on any atom is -0.365 e. The molecule has 1 saturated carbocycles. The van der Waals surface area contributed by atoms with Crippen LogP contribution in [0.2, 0.25) is 0 Å². The van der Waals surface area contributed by atoms with Crippen LogP contribution < -0.4 is 0 Å². The summed E-state index contributed by atoms with van der Waals surface area (Å²) in [5, 5.41) is 5.47. The number of carbonyl (C=O) groups excluding carboxylic acids is 2. The molecule has 2 amide bonds. The Balaban J connectivity index is 1.62. The number of rotatable bonds is 1. The SMILES string of the molecule is O=C1[C@@H]2[C@H](C(=O)N1N=C1CCCCC1)[C@H]1C=C[C@@H]2O1. The predicted octanol–water partition coefficient (Wildman–Crippen LogP) is 1.24. The molecule has 3 heterocycles. The Labute approximate surface area is 111 Å². The van der Waals surface area contributed by atoms with E-state index in [1.807, 2.05) is 12.2 Å². The second-order valence-electron chi connectivity index (χ2n) is 5.72. The molecule has 19 heavy (non-hydrogen) atoms. The molecule has 3 fully saturated rings. The molecular weight excluding hydrogens is 244 g/mol. The number of ether oxygens (including phenoxy) is 1. The standard InChI is InChI=1S/C14H16N2O3/c17-13-11-9-6-7-10(19-9)12(11)14(18)16(13)15-8-4-2-1-3-5-8/h6-7,9-12H,1-5H2/t9-,10+,11-,12+. The van der Waals surface area contributed by atoms with Crippen molar-refractivity contribution in [3.8, 4) is 0 Å². The molecule has 5 nitrogen and oxygen atoms in total. The lowest BCUT2D eigenvalue weighted by molar-refractivity contribution is -0.142. The van der Waals surface area contributed by atoms with Crippen molar-refractivity contribution >= 4 is 17.5 Å². The third kappa shape index (κ3) is 1.54. The first kappa shape index (κ1) is 11.3. The lowest BCUT2D eigenvalue weighted by Gasteiger charge is -2.17. The average Bonchev–Trinajstić information content (AvgIpc) is 3.10. The first-order valence-corrected chi connectivity index (χ1v) is 7.03. The lowest BCUT2D eigenvalue weighted by Crippen LogP contribution is -2.31. The minimum atomic E-state index is -0.338. The molecule has 2 saturated heterocycles. The molecule has 5 heteroatoms. The van der Waals surface area contributed by atoms with Gasteiger partial charge in [0.2, 0.25) is 0 Å². The molecule has 4 atom stereocenters. The molecule has 3 aliphatic heterocycles. The van der Waals surface area contributed by atoms with Crippen molar-refractivity contribution in [3.05, 3.63) is 12.2 Å². The van der Waals surface area contributed by atoms with Gasteiger partial charge in [-0.25, -0.2) is 0 Å². The zero-order chi connectivity index (χ0) is 13.0. The van der Waals surface area contributed by atoms with Crippen molar-refractivity contribution in [2.75, 3.05) is 0 Å². The highest BCUT2D eigenvalue weighted by atomic mass is 16.5. The van der Waals surface area contributed by atoms with Gasteiger partial charge in [-0.2, -0.15) is 10.1 Å². The Bertz CT molecular complexity index is 473. The maximum atomic E-state index is 12.3. The zero-order valence-corrected chi connectivity index (χ0v) is 10.6. The second-order valence-corrected chi connectivity index (χ2v) is 5.72. The fraction of sp³-hybridized carbons (Fsp3) is 0.643. The minimum absolute atomic E-state index is 0.176. The Kier molecular flexibility index (Phi) is 2.39. The van der Waals surface area contributed by atoms with E-state index in [1.165, 1.54) is 6.42 Å². The molecular formula is C14H16N2O3. The fourth-order valence-electron chi connectivity index (χ4n) is 3.59. The maximum Gasteiger partial charge on any atom is 0.256 e. The van der Waals surface area contributed by atoms with Gasteiger partial charge >= 0.3 is 0 Å². The zero-order valence-electron chi connectivity index (χ0n) is 10.6. The topological polar surface area (TPSA) is 59.0 Å². The van der Waals surface area contributed by atoms with E-state index in [2.05, 4.69) is 5.10 Å². The van der Waals surface area contributed by atoms with Gasteiger partial charge in [0.15, 0.2) is 0 Å². The van der Waals surface area contributed by atoms with Crippen molar-refractivity contribution < 1.29 is 14.3 Å². The molecule has 0 aromatic heterocycles. The number of carbonyl (C=O) groups is 2. The van der Waals surface area contributed by atoms with Gasteiger partial charge in [0.1, 0.15) is 0 Å². The van der Waals surface area contributed by atoms with Crippen LogP contribution in [0.1, 0.15) is 32.1 Å². The molecule has 0 N–H and O–H groups in total. The summed E-state index contributed by atoms with van der Waals surface area (Å²) in [4.78, 5) is 24.7. The Morgan fingerprint density at radius 2 is 1.58 bits per heavy atom. The molecule has 0 spiro atoms. The fourth-order valence-corrected chi connectivity index (χ4v) is 3.59. The normalized spacial score (nSPS) is 40.2. The van der Waals surface area contributed by atoms with Gasteiger partial charge in [0.25, 0.3) is 11.8 Å². The quantitative estimate of drug-likeness (QED) is 0.526. The molecule has 0 aromatic rings. The number of hydrazone groups is 1. The van der Waals surface area contributed by atoms with Gasteiger partial charge in [-0.3, -0.25) is 9.59 Å². The molecule has 100 valence electrons. The smallest absolute Gasteiger partial charge is 0.256 e. The van der Waals surface area contributed by atoms with Gasteiger partial charge in [-0.15, -0.1) is 0 Å². The van der Waals surface area contributed by atoms with E-state index in [9.17, 15) is 9.59 Å². The van der Waals surface area contributed by atoms with Crippen LogP contribution in [0.25, 0.3) is 0 Å². The van der Waals surface area contributed by atoms with E-state index in [0.717, 1.165) is 36.4 Å². The molecule has 0 unspecified atom stereocenters. The second kappa shape index (κ2) is 4.00. The third-order valence-electron chi connectivity index (χ3n) is 4.56. The third-order valence-corrected chi connectivity index (χ3v) is 4.56. The van der Waals surface area contributed by atoms with Crippen molar-refractivity contribution in [1.29, 1.82) is 0 Å². The summed E-state index contributed by atoms with van der Waals surface area (Å²) in [6, 6.07) is 0. The van der Waals surface area contributed by atoms with Crippen LogP contribution in [0.15, 0.2) is 17.3 Å². The highest BCUT2D eigenvalue weighted by Crippen LogP contribution is 2.45. The van der Waals surface area contributed by atoms with Gasteiger partial charge in [0, 0.05) is 5.71 Å². The predicted molar refractivity (Wildman–Crippen MR) is 67.2 cm³/mol. The van der Waals surface area contributed by atoms with Crippen molar-refractivity contribution in [2.45, 2.75) is 44.3 Å². The number of hydrogen-bond acceptors (Lipinski definition) is 4. The van der Waals surface area contributed by atoms with Gasteiger partial charge in [-0.1, -0.05) is 18.6 Å². The summed E-state index contributed by atoms with van der Waals surface area (Å²) in [6.45, 7) is 0. The summed E-state index contributed by atoms with van der Waals surface area (Å²) in [5.74, 6) is -1.03. The Morgan fingerprint density at radius 3 is 2.16 bits per heavy atom. The molecule has 0 aromatic carbocycles. The van der Waals surface area contributed by atoms with Gasteiger partial charge < -0.3 is 4.74 Å². The van der Waals surface area contributed by atoms with Crippen LogP contribution >= 0.6 is 0 Å². The van der Waals surface area contributed by atoms with Crippen LogP contribution in [-0.4, -0.2) is 34.7 Å². The van der Waals surface area contributed by atoms with Crippen molar-refractivity contribution in [3.63, 3.8) is 0 Å². The number of fused-ring (bicyclic) bond motifs is 5. The van der Waals surface area contributed by atoms with E-state index in [4.69, 9.17) is 4.74 Å². The van der Waals surface area contributed by atoms with Crippen LogP contribution in [0, 0.1) is 11.8 Å². The average molecular weight is 260 g/mol. The Morgan fingerprint density at radius 1 is 1.00 bits per heavy atom. The van der Waals surface area contributed by atoms with Gasteiger partial charge in [-0.05, 0) is 25.7 Å². The first-order valence-electron chi connectivity index (χ1n) is 7.03. The van der Waals surface area contributed by atoms with Crippen LogP contribution in [-0.2, 0) is 14.3 Å². The van der Waals surface area contributed by atoms with E-state index >= 15 is 0 Å². The summed E-state index contributed by atoms with van der Waals surface area (Å²) < 4.78 is 5.59. The van der Waals surface area contributed by atoms with Crippen LogP contribution in [0.5, 0.6) is 0 Å². The Hall–Kier alpha value is -1.49. The first-order chi connectivity index (χ1) is 9.25. The lowest BCUT2D eigenvalue weighted by atomic mass is 9.85. The number of nitrogens with zero attached hydrogens (tertiary/aromatic N) is 2. The highest BCUT2D eigenvalue weighted by molar-refractivity contribution is 6.07. The molecule has 4 aliphatic rings. The molecule has 2 bridgehead atoms. The molecule has 0 radical (unpaired) electrons. The number of amides is 2. The van der Waals surface area contributed by atoms with E-state index in [-0.39, 0.29) is 35.9 Å². The summed E-state index contributed by atoms with van der Waals surface area (Å²) in [5.41, 5.74) is 0.995. The van der Waals surface area contributed by atoms with E-state index < -0.39 is 0 Å².